The maximum absolute atomic E-state index is 5.57. The number of aromatic nitrogens is 1. The Hall–Kier alpha value is -2.42. The van der Waals surface area contributed by atoms with Crippen LogP contribution in [0.1, 0.15) is 19.5 Å². The number of rotatable bonds is 7. The number of halogens is 1. The van der Waals surface area contributed by atoms with Gasteiger partial charge in [0.2, 0.25) is 0 Å². The van der Waals surface area contributed by atoms with E-state index in [-0.39, 0.29) is 24.0 Å². The molecule has 0 atom stereocenters. The normalized spacial score (nSPS) is 11.0. The maximum atomic E-state index is 5.57. The third kappa shape index (κ3) is 5.54. The summed E-state index contributed by atoms with van der Waals surface area (Å²) < 4.78 is 11.0. The average Bonchev–Trinajstić information content (AvgIpc) is 3.10. The molecule has 1 aromatic heterocycles. The van der Waals surface area contributed by atoms with Gasteiger partial charge in [0.1, 0.15) is 0 Å². The van der Waals surface area contributed by atoms with Crippen LogP contribution in [0.3, 0.4) is 0 Å². The van der Waals surface area contributed by atoms with Gasteiger partial charge in [-0.1, -0.05) is 18.2 Å². The second-order valence-corrected chi connectivity index (χ2v) is 6.00. The molecule has 0 spiro atoms. The molecule has 0 radical (unpaired) electrons. The van der Waals surface area contributed by atoms with Crippen LogP contribution in [-0.4, -0.2) is 31.2 Å². The van der Waals surface area contributed by atoms with Gasteiger partial charge in [-0.05, 0) is 43.5 Å². The smallest absolute Gasteiger partial charge is 0.196 e. The van der Waals surface area contributed by atoms with Gasteiger partial charge in [0.25, 0.3) is 0 Å². The van der Waals surface area contributed by atoms with Gasteiger partial charge in [0, 0.05) is 29.5 Å². The second kappa shape index (κ2) is 10.8. The summed E-state index contributed by atoms with van der Waals surface area (Å²) in [5.74, 6) is 2.13. The molecule has 0 aliphatic carbocycles. The van der Waals surface area contributed by atoms with Gasteiger partial charge in [-0.3, -0.25) is 0 Å². The van der Waals surface area contributed by atoms with Gasteiger partial charge in [0.15, 0.2) is 17.5 Å². The van der Waals surface area contributed by atoms with Crippen molar-refractivity contribution in [2.75, 3.05) is 25.6 Å². The third-order valence-corrected chi connectivity index (χ3v) is 4.06. The highest BCUT2D eigenvalue weighted by Crippen LogP contribution is 2.30. The Morgan fingerprint density at radius 3 is 2.61 bits per heavy atom. The van der Waals surface area contributed by atoms with E-state index in [1.165, 1.54) is 5.39 Å². The van der Waals surface area contributed by atoms with E-state index in [4.69, 9.17) is 9.47 Å². The summed E-state index contributed by atoms with van der Waals surface area (Å²) in [4.78, 5) is 8.08. The van der Waals surface area contributed by atoms with Crippen LogP contribution in [-0.2, 0) is 6.54 Å². The van der Waals surface area contributed by atoms with Crippen LogP contribution in [0, 0.1) is 0 Å². The van der Waals surface area contributed by atoms with Gasteiger partial charge < -0.3 is 25.1 Å². The summed E-state index contributed by atoms with van der Waals surface area (Å²) in [6.45, 7) is 5.91. The summed E-state index contributed by atoms with van der Waals surface area (Å²) in [7, 11) is 1.64. The lowest BCUT2D eigenvalue weighted by Crippen LogP contribution is -2.30. The Bertz CT molecular complexity index is 891. The molecule has 0 fully saturated rings. The standard InChI is InChI=1S/C21H26N4O2.HI/c1-4-22-21(23-14-17-12-15-8-6-7-9-18(15)24-17)25-16-10-11-19(27-5-2)20(13-16)26-3;/h6-13,24H,4-5,14H2,1-3H3,(H2,22,23,25);1H. The van der Waals surface area contributed by atoms with Crippen LogP contribution in [0.15, 0.2) is 53.5 Å². The fraction of sp³-hybridized carbons (Fsp3) is 0.286. The summed E-state index contributed by atoms with van der Waals surface area (Å²) in [6, 6.07) is 16.1. The highest BCUT2D eigenvalue weighted by molar-refractivity contribution is 14.0. The lowest BCUT2D eigenvalue weighted by atomic mass is 10.2. The van der Waals surface area contributed by atoms with Crippen molar-refractivity contribution < 1.29 is 9.47 Å². The fourth-order valence-corrected chi connectivity index (χ4v) is 2.85. The number of aromatic amines is 1. The van der Waals surface area contributed by atoms with Gasteiger partial charge in [0.05, 0.1) is 20.3 Å². The highest BCUT2D eigenvalue weighted by atomic mass is 127. The number of methoxy groups -OCH3 is 1. The number of nitrogens with zero attached hydrogens (tertiary/aromatic N) is 1. The number of aliphatic imine (C=N–C) groups is 1. The first-order valence-corrected chi connectivity index (χ1v) is 9.16. The largest absolute Gasteiger partial charge is 0.493 e. The SMILES string of the molecule is CCNC(=NCc1cc2ccccc2[nH]1)Nc1ccc(OCC)c(OC)c1.I. The topological polar surface area (TPSA) is 70.7 Å². The van der Waals surface area contributed by atoms with Crippen molar-refractivity contribution in [3.63, 3.8) is 0 Å². The molecule has 0 amide bonds. The maximum Gasteiger partial charge on any atom is 0.196 e. The molecule has 0 unspecified atom stereocenters. The Morgan fingerprint density at radius 1 is 1.07 bits per heavy atom. The van der Waals surface area contributed by atoms with Gasteiger partial charge in [-0.2, -0.15) is 0 Å². The van der Waals surface area contributed by atoms with E-state index in [9.17, 15) is 0 Å². The first kappa shape index (κ1) is 21.9. The molecule has 3 N–H and O–H groups in total. The van der Waals surface area contributed by atoms with E-state index in [2.05, 4.69) is 38.8 Å². The quantitative estimate of drug-likeness (QED) is 0.252. The molecule has 0 aliphatic rings. The van der Waals surface area contributed by atoms with Gasteiger partial charge in [-0.25, -0.2) is 4.99 Å². The van der Waals surface area contributed by atoms with E-state index >= 15 is 0 Å². The molecule has 150 valence electrons. The fourth-order valence-electron chi connectivity index (χ4n) is 2.85. The molecule has 0 bridgehead atoms. The minimum Gasteiger partial charge on any atom is -0.493 e. The van der Waals surface area contributed by atoms with Crippen molar-refractivity contribution >= 4 is 46.5 Å². The number of anilines is 1. The molecule has 7 heteroatoms. The van der Waals surface area contributed by atoms with Crippen molar-refractivity contribution in [1.29, 1.82) is 0 Å². The summed E-state index contributed by atoms with van der Waals surface area (Å²) in [5, 5.41) is 7.77. The molecule has 6 nitrogen and oxygen atoms in total. The predicted molar refractivity (Wildman–Crippen MR) is 126 cm³/mol. The number of benzene rings is 2. The van der Waals surface area contributed by atoms with E-state index in [1.807, 2.05) is 44.2 Å². The molecule has 1 heterocycles. The van der Waals surface area contributed by atoms with Crippen molar-refractivity contribution in [2.45, 2.75) is 20.4 Å². The zero-order chi connectivity index (χ0) is 19.1. The van der Waals surface area contributed by atoms with E-state index in [0.29, 0.717) is 24.9 Å². The van der Waals surface area contributed by atoms with Gasteiger partial charge >= 0.3 is 0 Å². The Labute approximate surface area is 182 Å². The van der Waals surface area contributed by atoms with Gasteiger partial charge in [-0.15, -0.1) is 24.0 Å². The van der Waals surface area contributed by atoms with E-state index < -0.39 is 0 Å². The molecule has 28 heavy (non-hydrogen) atoms. The van der Waals surface area contributed by atoms with Crippen LogP contribution >= 0.6 is 24.0 Å². The number of fused-ring (bicyclic) bond motifs is 1. The van der Waals surface area contributed by atoms with Crippen LogP contribution in [0.5, 0.6) is 11.5 Å². The lowest BCUT2D eigenvalue weighted by molar-refractivity contribution is 0.311. The third-order valence-electron chi connectivity index (χ3n) is 4.06. The Kier molecular flexibility index (Phi) is 8.43. The molecule has 2 aromatic carbocycles. The van der Waals surface area contributed by atoms with Crippen LogP contribution in [0.4, 0.5) is 5.69 Å². The number of hydrogen-bond donors (Lipinski definition) is 3. The first-order chi connectivity index (χ1) is 13.2. The number of nitrogens with one attached hydrogen (secondary N) is 3. The second-order valence-electron chi connectivity index (χ2n) is 6.00. The summed E-state index contributed by atoms with van der Waals surface area (Å²) >= 11 is 0. The minimum atomic E-state index is 0. The van der Waals surface area contributed by atoms with Crippen LogP contribution in [0.2, 0.25) is 0 Å². The number of H-pyrrole nitrogens is 1. The molecule has 0 saturated carbocycles. The number of para-hydroxylation sites is 1. The molecular formula is C21H27IN4O2. The minimum absolute atomic E-state index is 0. The number of hydrogen-bond acceptors (Lipinski definition) is 3. The predicted octanol–water partition coefficient (Wildman–Crippen LogP) is 4.77. The average molecular weight is 494 g/mol. The first-order valence-electron chi connectivity index (χ1n) is 9.16. The zero-order valence-electron chi connectivity index (χ0n) is 16.4. The summed E-state index contributed by atoms with van der Waals surface area (Å²) in [6.07, 6.45) is 0. The number of guanidine groups is 1. The van der Waals surface area contributed by atoms with Crippen molar-refractivity contribution in [1.82, 2.24) is 10.3 Å². The molecule has 0 saturated heterocycles. The van der Waals surface area contributed by atoms with E-state index in [1.54, 1.807) is 7.11 Å². The summed E-state index contributed by atoms with van der Waals surface area (Å²) in [5.41, 5.74) is 3.07. The molecule has 3 rings (SSSR count). The highest BCUT2D eigenvalue weighted by Gasteiger charge is 2.07. The number of ether oxygens (including phenoxy) is 2. The molecular weight excluding hydrogens is 467 g/mol. The zero-order valence-corrected chi connectivity index (χ0v) is 18.7. The monoisotopic (exact) mass is 494 g/mol. The lowest BCUT2D eigenvalue weighted by Gasteiger charge is -2.14. The molecule has 3 aromatic rings. The van der Waals surface area contributed by atoms with E-state index in [0.717, 1.165) is 29.2 Å². The van der Waals surface area contributed by atoms with Crippen LogP contribution < -0.4 is 20.1 Å². The van der Waals surface area contributed by atoms with Crippen LogP contribution in [0.25, 0.3) is 10.9 Å². The van der Waals surface area contributed by atoms with Crippen molar-refractivity contribution in [3.05, 3.63) is 54.2 Å². The Morgan fingerprint density at radius 2 is 1.89 bits per heavy atom. The van der Waals surface area contributed by atoms with Crippen molar-refractivity contribution in [3.8, 4) is 11.5 Å². The molecule has 0 aliphatic heterocycles. The van der Waals surface area contributed by atoms with Crippen molar-refractivity contribution in [2.24, 2.45) is 4.99 Å². The Balaban J connectivity index is 0.00000280.